The van der Waals surface area contributed by atoms with Gasteiger partial charge in [-0.15, -0.1) is 0 Å². The summed E-state index contributed by atoms with van der Waals surface area (Å²) < 4.78 is 5.41. The second-order valence-corrected chi connectivity index (χ2v) is 4.73. The predicted molar refractivity (Wildman–Crippen MR) is 77.7 cm³/mol. The van der Waals surface area contributed by atoms with Crippen molar-refractivity contribution in [3.8, 4) is 5.75 Å². The van der Waals surface area contributed by atoms with E-state index in [9.17, 15) is 0 Å². The van der Waals surface area contributed by atoms with Gasteiger partial charge in [0.05, 0.1) is 7.11 Å². The van der Waals surface area contributed by atoms with Crippen molar-refractivity contribution < 1.29 is 4.74 Å². The number of pyridine rings is 1. The first-order valence-electron chi connectivity index (χ1n) is 6.14. The number of hydrogen-bond donors (Lipinski definition) is 1. The first-order valence-corrected chi connectivity index (χ1v) is 6.52. The van der Waals surface area contributed by atoms with Crippen LogP contribution in [0.15, 0.2) is 42.7 Å². The SMILES string of the molecule is CNC(Cc1cccnc1)c1ccc(Cl)cc1OC. The van der Waals surface area contributed by atoms with E-state index in [0.29, 0.717) is 5.02 Å². The lowest BCUT2D eigenvalue weighted by atomic mass is 9.99. The maximum atomic E-state index is 5.99. The minimum Gasteiger partial charge on any atom is -0.496 e. The van der Waals surface area contributed by atoms with E-state index in [-0.39, 0.29) is 6.04 Å². The van der Waals surface area contributed by atoms with Gasteiger partial charge in [-0.05, 0) is 37.2 Å². The summed E-state index contributed by atoms with van der Waals surface area (Å²) in [7, 11) is 3.60. The molecule has 0 aliphatic carbocycles. The van der Waals surface area contributed by atoms with Gasteiger partial charge in [0.1, 0.15) is 5.75 Å². The Morgan fingerprint density at radius 1 is 1.37 bits per heavy atom. The van der Waals surface area contributed by atoms with Gasteiger partial charge in [0.25, 0.3) is 0 Å². The first kappa shape index (κ1) is 13.8. The Morgan fingerprint density at radius 2 is 2.21 bits per heavy atom. The fraction of sp³-hybridized carbons (Fsp3) is 0.267. The highest BCUT2D eigenvalue weighted by Crippen LogP contribution is 2.30. The van der Waals surface area contributed by atoms with Crippen molar-refractivity contribution >= 4 is 11.6 Å². The molecule has 0 amide bonds. The van der Waals surface area contributed by atoms with E-state index in [1.165, 1.54) is 5.56 Å². The molecule has 0 saturated heterocycles. The quantitative estimate of drug-likeness (QED) is 0.910. The molecule has 19 heavy (non-hydrogen) atoms. The average molecular weight is 277 g/mol. The van der Waals surface area contributed by atoms with Crippen LogP contribution in [0.5, 0.6) is 5.75 Å². The second-order valence-electron chi connectivity index (χ2n) is 4.29. The molecule has 0 saturated carbocycles. The van der Waals surface area contributed by atoms with Crippen LogP contribution < -0.4 is 10.1 Å². The van der Waals surface area contributed by atoms with E-state index in [2.05, 4.69) is 16.4 Å². The fourth-order valence-corrected chi connectivity index (χ4v) is 2.26. The van der Waals surface area contributed by atoms with Crippen molar-refractivity contribution in [2.45, 2.75) is 12.5 Å². The number of aromatic nitrogens is 1. The highest BCUT2D eigenvalue weighted by Gasteiger charge is 2.15. The molecule has 0 bridgehead atoms. The van der Waals surface area contributed by atoms with Gasteiger partial charge in [0, 0.05) is 29.0 Å². The van der Waals surface area contributed by atoms with Crippen LogP contribution in [0.25, 0.3) is 0 Å². The van der Waals surface area contributed by atoms with Gasteiger partial charge in [0.2, 0.25) is 0 Å². The molecule has 3 nitrogen and oxygen atoms in total. The van der Waals surface area contributed by atoms with Crippen molar-refractivity contribution in [3.63, 3.8) is 0 Å². The van der Waals surface area contributed by atoms with Crippen LogP contribution in [0.4, 0.5) is 0 Å². The summed E-state index contributed by atoms with van der Waals surface area (Å²) >= 11 is 5.99. The molecule has 0 radical (unpaired) electrons. The largest absolute Gasteiger partial charge is 0.496 e. The first-order chi connectivity index (χ1) is 9.24. The van der Waals surface area contributed by atoms with Crippen LogP contribution >= 0.6 is 11.6 Å². The van der Waals surface area contributed by atoms with Gasteiger partial charge in [-0.1, -0.05) is 23.7 Å². The Labute approximate surface area is 118 Å². The van der Waals surface area contributed by atoms with Gasteiger partial charge in [-0.2, -0.15) is 0 Å². The molecule has 4 heteroatoms. The molecule has 1 atom stereocenters. The molecule has 2 aromatic rings. The van der Waals surface area contributed by atoms with Gasteiger partial charge >= 0.3 is 0 Å². The Morgan fingerprint density at radius 3 is 2.84 bits per heavy atom. The zero-order chi connectivity index (χ0) is 13.7. The molecule has 1 N–H and O–H groups in total. The topological polar surface area (TPSA) is 34.2 Å². The van der Waals surface area contributed by atoms with Gasteiger partial charge < -0.3 is 10.1 Å². The maximum Gasteiger partial charge on any atom is 0.125 e. The summed E-state index contributed by atoms with van der Waals surface area (Å²) in [5.74, 6) is 0.802. The van der Waals surface area contributed by atoms with Crippen LogP contribution in [0, 0.1) is 0 Å². The van der Waals surface area contributed by atoms with Gasteiger partial charge in [-0.3, -0.25) is 4.98 Å². The highest BCUT2D eigenvalue weighted by atomic mass is 35.5. The molecule has 2 rings (SSSR count). The molecule has 1 aromatic heterocycles. The van der Waals surface area contributed by atoms with Crippen molar-refractivity contribution in [2.75, 3.05) is 14.2 Å². The summed E-state index contributed by atoms with van der Waals surface area (Å²) in [5.41, 5.74) is 2.28. The third kappa shape index (κ3) is 3.46. The van der Waals surface area contributed by atoms with E-state index >= 15 is 0 Å². The second kappa shape index (κ2) is 6.55. The summed E-state index contributed by atoms with van der Waals surface area (Å²) in [6.07, 6.45) is 4.51. The number of methoxy groups -OCH3 is 1. The van der Waals surface area contributed by atoms with E-state index < -0.39 is 0 Å². The van der Waals surface area contributed by atoms with Crippen molar-refractivity contribution in [1.82, 2.24) is 10.3 Å². The van der Waals surface area contributed by atoms with Crippen LogP contribution in [0.2, 0.25) is 5.02 Å². The number of benzene rings is 1. The molecule has 0 fully saturated rings. The van der Waals surface area contributed by atoms with Gasteiger partial charge in [-0.25, -0.2) is 0 Å². The number of likely N-dealkylation sites (N-methyl/N-ethyl adjacent to an activating group) is 1. The van der Waals surface area contributed by atoms with Crippen LogP contribution in [-0.2, 0) is 6.42 Å². The lowest BCUT2D eigenvalue weighted by Gasteiger charge is -2.19. The number of halogens is 1. The smallest absolute Gasteiger partial charge is 0.125 e. The Balaban J connectivity index is 2.27. The van der Waals surface area contributed by atoms with Crippen molar-refractivity contribution in [3.05, 3.63) is 58.9 Å². The summed E-state index contributed by atoms with van der Waals surface area (Å²) in [4.78, 5) is 4.14. The van der Waals surface area contributed by atoms with E-state index in [4.69, 9.17) is 16.3 Å². The molecule has 0 spiro atoms. The van der Waals surface area contributed by atoms with E-state index in [1.54, 1.807) is 13.3 Å². The molecular formula is C15H17ClN2O. The molecule has 0 aliphatic heterocycles. The number of nitrogens with one attached hydrogen (secondary N) is 1. The highest BCUT2D eigenvalue weighted by molar-refractivity contribution is 6.30. The van der Waals surface area contributed by atoms with Crippen LogP contribution in [0.1, 0.15) is 17.2 Å². The fourth-order valence-electron chi connectivity index (χ4n) is 2.09. The third-order valence-electron chi connectivity index (χ3n) is 3.08. The molecule has 0 aliphatic rings. The van der Waals surface area contributed by atoms with Gasteiger partial charge in [0.15, 0.2) is 0 Å². The monoisotopic (exact) mass is 276 g/mol. The number of hydrogen-bond acceptors (Lipinski definition) is 3. The molecule has 1 unspecified atom stereocenters. The predicted octanol–water partition coefficient (Wildman–Crippen LogP) is 3.25. The third-order valence-corrected chi connectivity index (χ3v) is 3.32. The van der Waals surface area contributed by atoms with E-state index in [1.807, 2.05) is 37.5 Å². The Kier molecular flexibility index (Phi) is 4.77. The molecule has 1 heterocycles. The minimum atomic E-state index is 0.163. The molecule has 1 aromatic carbocycles. The average Bonchev–Trinajstić information content (AvgIpc) is 2.46. The maximum absolute atomic E-state index is 5.99. The van der Waals surface area contributed by atoms with Crippen LogP contribution in [0.3, 0.4) is 0 Å². The zero-order valence-electron chi connectivity index (χ0n) is 11.1. The normalized spacial score (nSPS) is 12.2. The van der Waals surface area contributed by atoms with Crippen LogP contribution in [-0.4, -0.2) is 19.1 Å². The Hall–Kier alpha value is -1.58. The van der Waals surface area contributed by atoms with E-state index in [0.717, 1.165) is 17.7 Å². The summed E-state index contributed by atoms with van der Waals surface area (Å²) in [6, 6.07) is 9.90. The Bertz CT molecular complexity index is 531. The lowest BCUT2D eigenvalue weighted by molar-refractivity contribution is 0.401. The number of nitrogens with zero attached hydrogens (tertiary/aromatic N) is 1. The molecular weight excluding hydrogens is 260 g/mol. The number of ether oxygens (including phenoxy) is 1. The minimum absolute atomic E-state index is 0.163. The summed E-state index contributed by atoms with van der Waals surface area (Å²) in [5, 5.41) is 3.99. The lowest BCUT2D eigenvalue weighted by Crippen LogP contribution is -2.19. The van der Waals surface area contributed by atoms with Crippen molar-refractivity contribution in [1.29, 1.82) is 0 Å². The van der Waals surface area contributed by atoms with Crippen molar-refractivity contribution in [2.24, 2.45) is 0 Å². The number of rotatable bonds is 5. The standard InChI is InChI=1S/C15H17ClN2O/c1-17-14(8-11-4-3-7-18-10-11)13-6-5-12(16)9-15(13)19-2/h3-7,9-10,14,17H,8H2,1-2H3. The molecule has 100 valence electrons. The zero-order valence-corrected chi connectivity index (χ0v) is 11.8. The summed E-state index contributed by atoms with van der Waals surface area (Å²) in [6.45, 7) is 0.